The fourth-order valence-electron chi connectivity index (χ4n) is 4.30. The number of hydrazine groups is 1. The lowest BCUT2D eigenvalue weighted by atomic mass is 10.00. The first-order valence-electron chi connectivity index (χ1n) is 10.9. The van der Waals surface area contributed by atoms with Crippen molar-refractivity contribution in [3.63, 3.8) is 0 Å². The van der Waals surface area contributed by atoms with E-state index in [4.69, 9.17) is 58.0 Å². The molecular weight excluding hydrogens is 564 g/mol. The maximum atomic E-state index is 13.0. The van der Waals surface area contributed by atoms with Crippen molar-refractivity contribution in [3.8, 4) is 0 Å². The van der Waals surface area contributed by atoms with Gasteiger partial charge in [0.1, 0.15) is 10.6 Å². The Hall–Kier alpha value is -2.15. The summed E-state index contributed by atoms with van der Waals surface area (Å²) in [7, 11) is 1.74. The van der Waals surface area contributed by atoms with E-state index < -0.39 is 15.7 Å². The first-order valence-corrected chi connectivity index (χ1v) is 12.8. The van der Waals surface area contributed by atoms with Crippen LogP contribution in [0.4, 0.5) is 11.4 Å². The van der Waals surface area contributed by atoms with Crippen molar-refractivity contribution in [2.75, 3.05) is 23.9 Å². The van der Waals surface area contributed by atoms with Crippen molar-refractivity contribution in [3.05, 3.63) is 92.4 Å². The predicted molar refractivity (Wildman–Crippen MR) is 149 cm³/mol. The van der Waals surface area contributed by atoms with Crippen molar-refractivity contribution in [2.24, 2.45) is 5.41 Å². The number of anilines is 2. The van der Waals surface area contributed by atoms with Gasteiger partial charge in [0.2, 0.25) is 0 Å². The third-order valence-corrected chi connectivity index (χ3v) is 8.20. The van der Waals surface area contributed by atoms with Gasteiger partial charge in [-0.15, -0.1) is 0 Å². The first-order chi connectivity index (χ1) is 17.0. The van der Waals surface area contributed by atoms with Crippen LogP contribution in [0.3, 0.4) is 0 Å². The molecule has 3 aromatic carbocycles. The molecule has 10 heteroatoms. The number of alkyl halides is 2. The minimum Gasteiger partial charge on any atom is -0.384 e. The van der Waals surface area contributed by atoms with Crippen molar-refractivity contribution in [2.45, 2.75) is 17.2 Å². The molecule has 4 rings (SSSR count). The third-order valence-electron chi connectivity index (χ3n) is 6.30. The molecule has 0 aromatic heterocycles. The summed E-state index contributed by atoms with van der Waals surface area (Å²) in [5, 5.41) is 5.92. The van der Waals surface area contributed by atoms with Crippen LogP contribution in [0, 0.1) is 12.3 Å². The molecule has 2 atom stereocenters. The van der Waals surface area contributed by atoms with E-state index in [9.17, 15) is 9.59 Å². The highest BCUT2D eigenvalue weighted by atomic mass is 35.5. The molecule has 1 saturated carbocycles. The Labute approximate surface area is 234 Å². The van der Waals surface area contributed by atoms with Crippen LogP contribution in [-0.2, 0) is 4.79 Å². The molecule has 0 heterocycles. The van der Waals surface area contributed by atoms with Gasteiger partial charge in [0.15, 0.2) is 0 Å². The van der Waals surface area contributed by atoms with E-state index in [1.807, 2.05) is 31.2 Å². The van der Waals surface area contributed by atoms with Crippen LogP contribution in [0.2, 0.25) is 15.1 Å². The largest absolute Gasteiger partial charge is 0.384 e. The highest BCUT2D eigenvalue weighted by molar-refractivity contribution is 6.54. The van der Waals surface area contributed by atoms with E-state index in [0.717, 1.165) is 17.5 Å². The number of aldehydes is 1. The lowest BCUT2D eigenvalue weighted by molar-refractivity contribution is -0.112. The molecule has 1 aliphatic rings. The average Bonchev–Trinajstić information content (AvgIpc) is 3.32. The van der Waals surface area contributed by atoms with Crippen LogP contribution in [0.25, 0.3) is 0 Å². The molecule has 1 aliphatic carbocycles. The Balaban J connectivity index is 1.51. The number of hydrogen-bond donors (Lipinski definition) is 2. The summed E-state index contributed by atoms with van der Waals surface area (Å²) < 4.78 is -1.36. The minimum atomic E-state index is -1.36. The standard InChI is InChI=1S/C26H22Cl5N3O2/c1-15-4-3-5-20(8-15)34(2)33-24(36)21-12-19(6-7-22(21)29)32-13-25(14-35)23(26(25,30)31)16-9-17(27)11-18(28)10-16/h3-12,14,23,32H,13H2,1-2H3,(H,33,36). The van der Waals surface area contributed by atoms with E-state index >= 15 is 0 Å². The molecule has 1 amide bonds. The number of hydrogen-bond acceptors (Lipinski definition) is 4. The molecule has 0 radical (unpaired) electrons. The summed E-state index contributed by atoms with van der Waals surface area (Å²) in [4.78, 5) is 25.2. The zero-order valence-electron chi connectivity index (χ0n) is 19.3. The van der Waals surface area contributed by atoms with Gasteiger partial charge in [-0.3, -0.25) is 15.2 Å². The predicted octanol–water partition coefficient (Wildman–Crippen LogP) is 7.30. The molecule has 36 heavy (non-hydrogen) atoms. The summed E-state index contributed by atoms with van der Waals surface area (Å²) in [6.07, 6.45) is 0.750. The molecule has 2 unspecified atom stereocenters. The number of amides is 1. The smallest absolute Gasteiger partial charge is 0.271 e. The van der Waals surface area contributed by atoms with Gasteiger partial charge in [-0.25, -0.2) is 0 Å². The summed E-state index contributed by atoms with van der Waals surface area (Å²) in [6.45, 7) is 2.09. The number of rotatable bonds is 8. The molecule has 0 saturated heterocycles. The molecule has 5 nitrogen and oxygen atoms in total. The Morgan fingerprint density at radius 3 is 2.36 bits per heavy atom. The fourth-order valence-corrected chi connectivity index (χ4v) is 6.02. The Morgan fingerprint density at radius 2 is 1.72 bits per heavy atom. The van der Waals surface area contributed by atoms with Crippen LogP contribution >= 0.6 is 58.0 Å². The van der Waals surface area contributed by atoms with Gasteiger partial charge >= 0.3 is 0 Å². The van der Waals surface area contributed by atoms with Gasteiger partial charge in [0.05, 0.1) is 21.7 Å². The molecule has 0 spiro atoms. The number of halogens is 5. The van der Waals surface area contributed by atoms with E-state index in [2.05, 4.69) is 10.7 Å². The molecule has 3 aromatic rings. The Kier molecular flexibility index (Phi) is 7.70. The fraction of sp³-hybridized carbons (Fsp3) is 0.231. The zero-order chi connectivity index (χ0) is 26.3. The quantitative estimate of drug-likeness (QED) is 0.165. The second kappa shape index (κ2) is 10.3. The second-order valence-corrected chi connectivity index (χ2v) is 11.5. The summed E-state index contributed by atoms with van der Waals surface area (Å²) in [5.74, 6) is -0.910. The number of nitrogens with zero attached hydrogens (tertiary/aromatic N) is 1. The molecule has 188 valence electrons. The van der Waals surface area contributed by atoms with E-state index in [0.29, 0.717) is 21.3 Å². The lowest BCUT2D eigenvalue weighted by Crippen LogP contribution is -2.39. The van der Waals surface area contributed by atoms with E-state index in [1.54, 1.807) is 48.5 Å². The van der Waals surface area contributed by atoms with Crippen molar-refractivity contribution in [1.29, 1.82) is 0 Å². The van der Waals surface area contributed by atoms with Gasteiger partial charge in [0.25, 0.3) is 5.91 Å². The normalized spacial score (nSPS) is 19.9. The van der Waals surface area contributed by atoms with Gasteiger partial charge in [-0.1, -0.05) is 70.1 Å². The molecule has 0 aliphatic heterocycles. The number of benzene rings is 3. The van der Waals surface area contributed by atoms with Gasteiger partial charge < -0.3 is 10.1 Å². The molecule has 2 N–H and O–H groups in total. The van der Waals surface area contributed by atoms with Gasteiger partial charge in [-0.05, 0) is 66.6 Å². The SMILES string of the molecule is Cc1cccc(N(C)NC(=O)c2cc(NCC3(C=O)C(c4cc(Cl)cc(Cl)c4)C3(Cl)Cl)ccc2Cl)c1. The maximum Gasteiger partial charge on any atom is 0.271 e. The minimum absolute atomic E-state index is 0.115. The highest BCUT2D eigenvalue weighted by Crippen LogP contribution is 2.73. The highest BCUT2D eigenvalue weighted by Gasteiger charge is 2.76. The summed E-state index contributed by atoms with van der Waals surface area (Å²) in [6, 6.07) is 17.6. The number of nitrogens with one attached hydrogen (secondary N) is 2. The average molecular weight is 586 g/mol. The molecule has 1 fully saturated rings. The van der Waals surface area contributed by atoms with Crippen LogP contribution in [0.1, 0.15) is 27.4 Å². The van der Waals surface area contributed by atoms with Crippen molar-refractivity contribution >= 4 is 81.6 Å². The van der Waals surface area contributed by atoms with Crippen LogP contribution in [-0.4, -0.2) is 30.1 Å². The van der Waals surface area contributed by atoms with Crippen molar-refractivity contribution < 1.29 is 9.59 Å². The van der Waals surface area contributed by atoms with Crippen molar-refractivity contribution in [1.82, 2.24) is 5.43 Å². The molecular formula is C26H22Cl5N3O2. The second-order valence-electron chi connectivity index (χ2n) is 8.80. The number of aryl methyl sites for hydroxylation is 1. The first kappa shape index (κ1) is 26.9. The monoisotopic (exact) mass is 583 g/mol. The third kappa shape index (κ3) is 5.13. The van der Waals surface area contributed by atoms with Crippen LogP contribution in [0.5, 0.6) is 0 Å². The van der Waals surface area contributed by atoms with Crippen LogP contribution in [0.15, 0.2) is 60.7 Å². The number of carbonyl (C=O) groups is 2. The molecule has 0 bridgehead atoms. The Bertz CT molecular complexity index is 1310. The van der Waals surface area contributed by atoms with Gasteiger partial charge in [0, 0.05) is 35.2 Å². The Morgan fingerprint density at radius 1 is 1.03 bits per heavy atom. The number of carbonyl (C=O) groups excluding carboxylic acids is 2. The van der Waals surface area contributed by atoms with E-state index in [-0.39, 0.29) is 23.0 Å². The topological polar surface area (TPSA) is 61.4 Å². The maximum absolute atomic E-state index is 13.0. The summed E-state index contributed by atoms with van der Waals surface area (Å²) in [5.41, 5.74) is 5.08. The van der Waals surface area contributed by atoms with E-state index in [1.165, 1.54) is 0 Å². The lowest BCUT2D eigenvalue weighted by Gasteiger charge is -2.21. The van der Waals surface area contributed by atoms with Gasteiger partial charge in [-0.2, -0.15) is 0 Å². The van der Waals surface area contributed by atoms with Crippen LogP contribution < -0.4 is 15.8 Å². The summed E-state index contributed by atoms with van der Waals surface area (Å²) >= 11 is 31.8. The zero-order valence-corrected chi connectivity index (χ0v) is 23.1.